The molecule has 1 heterocycles. The maximum atomic E-state index is 12.1. The molecule has 0 spiro atoms. The van der Waals surface area contributed by atoms with Gasteiger partial charge in [0.25, 0.3) is 0 Å². The van der Waals surface area contributed by atoms with Gasteiger partial charge in [-0.2, -0.15) is 5.26 Å². The summed E-state index contributed by atoms with van der Waals surface area (Å²) in [5, 5.41) is 17.6. The Hall–Kier alpha value is -1.77. The zero-order chi connectivity index (χ0) is 13.7. The van der Waals surface area contributed by atoms with Gasteiger partial charge in [0.1, 0.15) is 0 Å². The average molecular weight is 253 g/mol. The minimum atomic E-state index is -0.847. The maximum Gasteiger partial charge on any atom is 0.320 e. The van der Waals surface area contributed by atoms with Crippen LogP contribution < -0.4 is 0 Å². The molecule has 6 nitrogen and oxygen atoms in total. The van der Waals surface area contributed by atoms with Crippen molar-refractivity contribution in [2.45, 2.75) is 32.2 Å². The summed E-state index contributed by atoms with van der Waals surface area (Å²) in [6.45, 7) is 2.66. The van der Waals surface area contributed by atoms with E-state index in [0.29, 0.717) is 19.4 Å². The lowest BCUT2D eigenvalue weighted by atomic mass is 9.98. The molecule has 0 aliphatic carbocycles. The molecule has 6 heteroatoms. The highest BCUT2D eigenvalue weighted by Crippen LogP contribution is 2.18. The Balaban J connectivity index is 2.61. The molecule has 0 bridgehead atoms. The lowest BCUT2D eigenvalue weighted by molar-refractivity contribution is -0.143. The number of nitrogens with zero attached hydrogens (tertiary/aromatic N) is 3. The first kappa shape index (κ1) is 14.3. The molecule has 0 aromatic rings. The fourth-order valence-electron chi connectivity index (χ4n) is 2.03. The Kier molecular flexibility index (Phi) is 4.95. The molecule has 18 heavy (non-hydrogen) atoms. The largest absolute Gasteiger partial charge is 0.481 e. The van der Waals surface area contributed by atoms with E-state index in [2.05, 4.69) is 0 Å². The van der Waals surface area contributed by atoms with Crippen LogP contribution in [0, 0.1) is 17.2 Å². The molecule has 1 saturated heterocycles. The van der Waals surface area contributed by atoms with Crippen LogP contribution in [-0.4, -0.2) is 53.1 Å². The van der Waals surface area contributed by atoms with Crippen molar-refractivity contribution in [2.75, 3.05) is 20.1 Å². The maximum absolute atomic E-state index is 12.1. The number of aliphatic carboxylic acids is 1. The summed E-state index contributed by atoms with van der Waals surface area (Å²) in [6.07, 6.45) is 1.61. The molecule has 0 saturated carbocycles. The van der Waals surface area contributed by atoms with Crippen LogP contribution >= 0.6 is 0 Å². The number of urea groups is 1. The van der Waals surface area contributed by atoms with Crippen LogP contribution in [0.5, 0.6) is 0 Å². The fourth-order valence-corrected chi connectivity index (χ4v) is 2.03. The Morgan fingerprint density at radius 3 is 2.83 bits per heavy atom. The van der Waals surface area contributed by atoms with Gasteiger partial charge in [0.15, 0.2) is 0 Å². The predicted octanol–water partition coefficient (Wildman–Crippen LogP) is 1.14. The van der Waals surface area contributed by atoms with Gasteiger partial charge in [-0.05, 0) is 19.8 Å². The molecule has 2 atom stereocenters. The summed E-state index contributed by atoms with van der Waals surface area (Å²) in [5.74, 6) is -1.32. The summed E-state index contributed by atoms with van der Waals surface area (Å²) in [7, 11) is 1.65. The highest BCUT2D eigenvalue weighted by molar-refractivity contribution is 5.76. The van der Waals surface area contributed by atoms with Gasteiger partial charge >= 0.3 is 12.0 Å². The van der Waals surface area contributed by atoms with E-state index >= 15 is 0 Å². The van der Waals surface area contributed by atoms with Gasteiger partial charge in [-0.3, -0.25) is 4.79 Å². The van der Waals surface area contributed by atoms with E-state index in [4.69, 9.17) is 10.4 Å². The Morgan fingerprint density at radius 2 is 2.28 bits per heavy atom. The molecule has 1 rings (SSSR count). The number of carboxylic acid groups (broad SMARTS) is 1. The number of rotatable bonds is 3. The van der Waals surface area contributed by atoms with Crippen LogP contribution in [0.2, 0.25) is 0 Å². The number of carbonyl (C=O) groups is 2. The Bertz CT molecular complexity index is 364. The first-order valence-corrected chi connectivity index (χ1v) is 6.08. The third kappa shape index (κ3) is 3.36. The van der Waals surface area contributed by atoms with E-state index in [1.807, 2.05) is 6.07 Å². The van der Waals surface area contributed by atoms with Crippen LogP contribution in [0.1, 0.15) is 26.2 Å². The molecule has 1 N–H and O–H groups in total. The highest BCUT2D eigenvalue weighted by Gasteiger charge is 2.30. The molecule has 1 aliphatic heterocycles. The van der Waals surface area contributed by atoms with Gasteiger partial charge < -0.3 is 14.9 Å². The van der Waals surface area contributed by atoms with Crippen molar-refractivity contribution in [2.24, 2.45) is 5.92 Å². The summed E-state index contributed by atoms with van der Waals surface area (Å²) < 4.78 is 0. The molecular formula is C12H19N3O3. The van der Waals surface area contributed by atoms with E-state index < -0.39 is 11.9 Å². The number of hydrogen-bond acceptors (Lipinski definition) is 3. The average Bonchev–Trinajstić information content (AvgIpc) is 2.37. The lowest BCUT2D eigenvalue weighted by Gasteiger charge is -2.35. The van der Waals surface area contributed by atoms with Crippen molar-refractivity contribution in [3.8, 4) is 6.07 Å². The highest BCUT2D eigenvalue weighted by atomic mass is 16.4. The quantitative estimate of drug-likeness (QED) is 0.817. The van der Waals surface area contributed by atoms with Crippen molar-refractivity contribution in [3.63, 3.8) is 0 Å². The van der Waals surface area contributed by atoms with Crippen LogP contribution in [0.4, 0.5) is 4.79 Å². The number of amides is 2. The molecule has 0 radical (unpaired) electrons. The topological polar surface area (TPSA) is 84.6 Å². The molecule has 0 aromatic carbocycles. The smallest absolute Gasteiger partial charge is 0.320 e. The van der Waals surface area contributed by atoms with Crippen molar-refractivity contribution in [1.82, 2.24) is 9.80 Å². The van der Waals surface area contributed by atoms with Gasteiger partial charge in [-0.25, -0.2) is 4.79 Å². The summed E-state index contributed by atoms with van der Waals surface area (Å²) >= 11 is 0. The van der Waals surface area contributed by atoms with Gasteiger partial charge in [-0.15, -0.1) is 0 Å². The van der Waals surface area contributed by atoms with Gasteiger partial charge in [0.2, 0.25) is 0 Å². The minimum Gasteiger partial charge on any atom is -0.481 e. The molecule has 1 aliphatic rings. The summed E-state index contributed by atoms with van der Waals surface area (Å²) in [5.41, 5.74) is 0. The number of carbonyl (C=O) groups excluding carboxylic acids is 1. The zero-order valence-electron chi connectivity index (χ0n) is 10.8. The monoisotopic (exact) mass is 253 g/mol. The van der Waals surface area contributed by atoms with E-state index in [9.17, 15) is 9.59 Å². The van der Waals surface area contributed by atoms with Crippen molar-refractivity contribution in [3.05, 3.63) is 0 Å². The number of piperidine rings is 1. The lowest BCUT2D eigenvalue weighted by Crippen LogP contribution is -2.49. The van der Waals surface area contributed by atoms with E-state index in [1.165, 1.54) is 4.90 Å². The van der Waals surface area contributed by atoms with Crippen molar-refractivity contribution >= 4 is 12.0 Å². The number of nitriles is 1. The predicted molar refractivity (Wildman–Crippen MR) is 64.8 cm³/mol. The molecule has 1 unspecified atom stereocenters. The number of carboxylic acids is 1. The third-order valence-electron chi connectivity index (χ3n) is 3.39. The van der Waals surface area contributed by atoms with Gasteiger partial charge in [0.05, 0.1) is 18.4 Å². The second kappa shape index (κ2) is 6.24. The molecular weight excluding hydrogens is 234 g/mol. The summed E-state index contributed by atoms with van der Waals surface area (Å²) in [6, 6.07) is 1.68. The first-order chi connectivity index (χ1) is 8.47. The van der Waals surface area contributed by atoms with Crippen LogP contribution in [0.25, 0.3) is 0 Å². The molecule has 2 amide bonds. The van der Waals surface area contributed by atoms with Crippen molar-refractivity contribution in [1.29, 1.82) is 5.26 Å². The van der Waals surface area contributed by atoms with Crippen molar-refractivity contribution < 1.29 is 14.7 Å². The molecule has 1 fully saturated rings. The van der Waals surface area contributed by atoms with Crippen LogP contribution in [0.15, 0.2) is 0 Å². The summed E-state index contributed by atoms with van der Waals surface area (Å²) in [4.78, 5) is 26.1. The third-order valence-corrected chi connectivity index (χ3v) is 3.39. The second-order valence-corrected chi connectivity index (χ2v) is 4.73. The van der Waals surface area contributed by atoms with E-state index in [1.54, 1.807) is 18.9 Å². The van der Waals surface area contributed by atoms with Crippen LogP contribution in [-0.2, 0) is 4.79 Å². The fraction of sp³-hybridized carbons (Fsp3) is 0.750. The van der Waals surface area contributed by atoms with E-state index in [0.717, 1.165) is 0 Å². The SMILES string of the molecule is CC(CC#N)N(C)C(=O)N1CCC[C@H](C(=O)O)C1. The number of likely N-dealkylation sites (tertiary alicyclic amines) is 1. The Morgan fingerprint density at radius 1 is 1.61 bits per heavy atom. The normalized spacial score (nSPS) is 20.9. The Labute approximate surface area is 107 Å². The number of hydrogen-bond donors (Lipinski definition) is 1. The van der Waals surface area contributed by atoms with E-state index in [-0.39, 0.29) is 25.0 Å². The van der Waals surface area contributed by atoms with Gasteiger partial charge in [-0.1, -0.05) is 0 Å². The standard InChI is InChI=1S/C12H19N3O3/c1-9(5-6-13)14(2)12(18)15-7-3-4-10(8-15)11(16)17/h9-10H,3-5,7-8H2,1-2H3,(H,16,17)/t9?,10-/m0/s1. The van der Waals surface area contributed by atoms with Crippen LogP contribution in [0.3, 0.4) is 0 Å². The van der Waals surface area contributed by atoms with Gasteiger partial charge in [0, 0.05) is 26.2 Å². The zero-order valence-corrected chi connectivity index (χ0v) is 10.8. The molecule has 0 aromatic heterocycles. The second-order valence-electron chi connectivity index (χ2n) is 4.73. The molecule has 100 valence electrons. The first-order valence-electron chi connectivity index (χ1n) is 6.08. The minimum absolute atomic E-state index is 0.160.